The van der Waals surface area contributed by atoms with Crippen LogP contribution in [0.4, 0.5) is 4.39 Å². The lowest BCUT2D eigenvalue weighted by Crippen LogP contribution is -2.43. The quantitative estimate of drug-likeness (QED) is 0.797. The number of likely N-dealkylation sites (N-methyl/N-ethyl adjacent to an activating group) is 1. The van der Waals surface area contributed by atoms with Crippen molar-refractivity contribution < 1.29 is 9.18 Å². The van der Waals surface area contributed by atoms with E-state index in [9.17, 15) is 9.18 Å². The molecule has 0 aliphatic heterocycles. The highest BCUT2D eigenvalue weighted by Gasteiger charge is 2.44. The third kappa shape index (κ3) is 3.05. The number of aryl methyl sites for hydroxylation is 1. The molecule has 122 valence electrons. The Balaban J connectivity index is 1.87. The molecule has 1 fully saturated rings. The normalized spacial score (nSPS) is 16.5. The average Bonchev–Trinajstić information content (AvgIpc) is 3.18. The van der Waals surface area contributed by atoms with Crippen molar-refractivity contribution in [2.24, 2.45) is 0 Å². The summed E-state index contributed by atoms with van der Waals surface area (Å²) in [6.45, 7) is 2.72. The largest absolute Gasteiger partial charge is 0.340 e. The molecule has 0 bridgehead atoms. The molecule has 2 nitrogen and oxygen atoms in total. The smallest absolute Gasteiger partial charge is 0.233 e. The van der Waals surface area contributed by atoms with Crippen LogP contribution in [0.25, 0.3) is 0 Å². The number of thiophene rings is 1. The minimum atomic E-state index is -0.479. The zero-order valence-electron chi connectivity index (χ0n) is 13.6. The predicted molar refractivity (Wildman–Crippen MR) is 92.1 cm³/mol. The molecule has 1 saturated carbocycles. The molecule has 0 atom stereocenters. The van der Waals surface area contributed by atoms with Gasteiger partial charge in [-0.25, -0.2) is 4.39 Å². The molecule has 1 aromatic heterocycles. The van der Waals surface area contributed by atoms with Crippen LogP contribution in [0.5, 0.6) is 0 Å². The van der Waals surface area contributed by atoms with E-state index < -0.39 is 5.41 Å². The van der Waals surface area contributed by atoms with E-state index in [1.165, 1.54) is 22.6 Å². The summed E-state index contributed by atoms with van der Waals surface area (Å²) in [6, 6.07) is 8.58. The highest BCUT2D eigenvalue weighted by molar-refractivity contribution is 7.10. The summed E-state index contributed by atoms with van der Waals surface area (Å²) >= 11 is 1.69. The van der Waals surface area contributed by atoms with Crippen molar-refractivity contribution in [1.82, 2.24) is 4.90 Å². The Morgan fingerprint density at radius 3 is 2.43 bits per heavy atom. The van der Waals surface area contributed by atoms with Crippen molar-refractivity contribution in [2.45, 2.75) is 44.6 Å². The van der Waals surface area contributed by atoms with Crippen LogP contribution >= 0.6 is 11.3 Å². The molecule has 3 rings (SSSR count). The van der Waals surface area contributed by atoms with Gasteiger partial charge in [0.15, 0.2) is 0 Å². The van der Waals surface area contributed by atoms with Gasteiger partial charge in [-0.2, -0.15) is 0 Å². The lowest BCUT2D eigenvalue weighted by atomic mass is 9.77. The van der Waals surface area contributed by atoms with Crippen molar-refractivity contribution in [3.63, 3.8) is 0 Å². The Labute approximate surface area is 140 Å². The van der Waals surface area contributed by atoms with Gasteiger partial charge >= 0.3 is 0 Å². The topological polar surface area (TPSA) is 20.3 Å². The molecule has 1 aromatic carbocycles. The molecule has 0 N–H and O–H groups in total. The van der Waals surface area contributed by atoms with Gasteiger partial charge < -0.3 is 4.90 Å². The van der Waals surface area contributed by atoms with E-state index in [1.54, 1.807) is 23.5 Å². The molecule has 2 aromatic rings. The second-order valence-corrected chi connectivity index (χ2v) is 7.48. The molecule has 0 radical (unpaired) electrons. The third-order valence-electron chi connectivity index (χ3n) is 4.96. The monoisotopic (exact) mass is 331 g/mol. The van der Waals surface area contributed by atoms with Gasteiger partial charge in [-0.15, -0.1) is 11.3 Å². The summed E-state index contributed by atoms with van der Waals surface area (Å²) in [6.07, 6.45) is 3.81. The van der Waals surface area contributed by atoms with Crippen molar-refractivity contribution in [1.29, 1.82) is 0 Å². The first-order chi connectivity index (χ1) is 11.0. The molecule has 1 amide bonds. The van der Waals surface area contributed by atoms with Gasteiger partial charge in [0.25, 0.3) is 0 Å². The van der Waals surface area contributed by atoms with Crippen LogP contribution in [-0.4, -0.2) is 17.9 Å². The Bertz CT molecular complexity index is 686. The van der Waals surface area contributed by atoms with Gasteiger partial charge in [0.05, 0.1) is 12.0 Å². The zero-order chi connectivity index (χ0) is 16.4. The Kier molecular flexibility index (Phi) is 4.53. The average molecular weight is 331 g/mol. The van der Waals surface area contributed by atoms with Crippen LogP contribution in [0.1, 0.15) is 41.7 Å². The minimum absolute atomic E-state index is 0.161. The number of carbonyl (C=O) groups is 1. The number of halogens is 1. The highest BCUT2D eigenvalue weighted by atomic mass is 32.1. The number of amides is 1. The molecule has 0 unspecified atom stereocenters. The first-order valence-corrected chi connectivity index (χ1v) is 8.95. The zero-order valence-corrected chi connectivity index (χ0v) is 14.5. The van der Waals surface area contributed by atoms with E-state index in [-0.39, 0.29) is 11.7 Å². The standard InChI is InChI=1S/C19H22FNOS/c1-14-9-12-23-17(14)13-21(2)18(22)19(10-3-4-11-19)15-5-7-16(20)8-6-15/h5-9,12H,3-4,10-11,13H2,1-2H3. The van der Waals surface area contributed by atoms with Crippen LogP contribution in [0, 0.1) is 12.7 Å². The van der Waals surface area contributed by atoms with Gasteiger partial charge in [-0.1, -0.05) is 25.0 Å². The SMILES string of the molecule is Cc1ccsc1CN(C)C(=O)C1(c2ccc(F)cc2)CCCC1. The van der Waals surface area contributed by atoms with Crippen LogP contribution in [0.15, 0.2) is 35.7 Å². The van der Waals surface area contributed by atoms with E-state index in [4.69, 9.17) is 0 Å². The van der Waals surface area contributed by atoms with Crippen molar-refractivity contribution in [3.8, 4) is 0 Å². The van der Waals surface area contributed by atoms with Gasteiger partial charge in [0, 0.05) is 11.9 Å². The molecular formula is C19H22FNOS. The summed E-state index contributed by atoms with van der Waals surface area (Å²) < 4.78 is 13.3. The summed E-state index contributed by atoms with van der Waals surface area (Å²) in [7, 11) is 1.88. The number of benzene rings is 1. The van der Waals surface area contributed by atoms with Crippen molar-refractivity contribution in [2.75, 3.05) is 7.05 Å². The minimum Gasteiger partial charge on any atom is -0.340 e. The molecule has 1 aliphatic rings. The maximum Gasteiger partial charge on any atom is 0.233 e. The van der Waals surface area contributed by atoms with E-state index in [2.05, 4.69) is 18.4 Å². The maximum atomic E-state index is 13.3. The maximum absolute atomic E-state index is 13.3. The molecule has 0 spiro atoms. The lowest BCUT2D eigenvalue weighted by Gasteiger charge is -2.33. The fraction of sp³-hybridized carbons (Fsp3) is 0.421. The number of carbonyl (C=O) groups excluding carboxylic acids is 1. The molecule has 1 heterocycles. The third-order valence-corrected chi connectivity index (χ3v) is 5.97. The number of nitrogens with zero attached hydrogens (tertiary/aromatic N) is 1. The summed E-state index contributed by atoms with van der Waals surface area (Å²) in [5.41, 5.74) is 1.71. The number of rotatable bonds is 4. The molecule has 1 aliphatic carbocycles. The molecular weight excluding hydrogens is 309 g/mol. The van der Waals surface area contributed by atoms with Crippen molar-refractivity contribution >= 4 is 17.2 Å². The van der Waals surface area contributed by atoms with Gasteiger partial charge in [0.1, 0.15) is 5.82 Å². The fourth-order valence-electron chi connectivity index (χ4n) is 3.59. The number of hydrogen-bond donors (Lipinski definition) is 0. The van der Waals surface area contributed by atoms with E-state index >= 15 is 0 Å². The summed E-state index contributed by atoms with van der Waals surface area (Å²) in [5.74, 6) is -0.0914. The first kappa shape index (κ1) is 16.2. The lowest BCUT2D eigenvalue weighted by molar-refractivity contribution is -0.136. The predicted octanol–water partition coefficient (Wildman–Crippen LogP) is 4.67. The summed E-state index contributed by atoms with van der Waals surface area (Å²) in [5, 5.41) is 2.06. The van der Waals surface area contributed by atoms with Crippen LogP contribution in [0.3, 0.4) is 0 Å². The highest BCUT2D eigenvalue weighted by Crippen LogP contribution is 2.42. The Hall–Kier alpha value is -1.68. The molecule has 4 heteroatoms. The second-order valence-electron chi connectivity index (χ2n) is 6.48. The fourth-order valence-corrected chi connectivity index (χ4v) is 4.55. The van der Waals surface area contributed by atoms with E-state index in [0.29, 0.717) is 6.54 Å². The van der Waals surface area contributed by atoms with Crippen LogP contribution in [0.2, 0.25) is 0 Å². The van der Waals surface area contributed by atoms with E-state index in [1.807, 2.05) is 11.9 Å². The number of hydrogen-bond acceptors (Lipinski definition) is 2. The Morgan fingerprint density at radius 2 is 1.87 bits per heavy atom. The molecule has 0 saturated heterocycles. The van der Waals surface area contributed by atoms with Gasteiger partial charge in [0.2, 0.25) is 5.91 Å². The van der Waals surface area contributed by atoms with E-state index in [0.717, 1.165) is 31.2 Å². The van der Waals surface area contributed by atoms with Gasteiger partial charge in [-0.3, -0.25) is 4.79 Å². The van der Waals surface area contributed by atoms with Crippen molar-refractivity contribution in [3.05, 3.63) is 57.5 Å². The van der Waals surface area contributed by atoms with Crippen LogP contribution < -0.4 is 0 Å². The first-order valence-electron chi connectivity index (χ1n) is 8.07. The molecule has 23 heavy (non-hydrogen) atoms. The van der Waals surface area contributed by atoms with Crippen LogP contribution in [-0.2, 0) is 16.8 Å². The Morgan fingerprint density at radius 1 is 1.22 bits per heavy atom. The van der Waals surface area contributed by atoms with Gasteiger partial charge in [-0.05, 0) is 54.5 Å². The summed E-state index contributed by atoms with van der Waals surface area (Å²) in [4.78, 5) is 16.3. The second kappa shape index (κ2) is 6.44.